The molecule has 0 amide bonds. The topological polar surface area (TPSA) is 44.8 Å². The van der Waals surface area contributed by atoms with Crippen molar-refractivity contribution >= 4 is 5.78 Å². The maximum absolute atomic E-state index is 11.3. The molecule has 1 aliphatic rings. The highest BCUT2D eigenvalue weighted by molar-refractivity contribution is 5.90. The third kappa shape index (κ3) is 2.58. The van der Waals surface area contributed by atoms with Crippen molar-refractivity contribution in [3.05, 3.63) is 36.1 Å². The van der Waals surface area contributed by atoms with Crippen LogP contribution in [0.15, 0.2) is 30.5 Å². The van der Waals surface area contributed by atoms with Crippen LogP contribution in [-0.2, 0) is 9.53 Å². The Morgan fingerprint density at radius 1 is 1.18 bits per heavy atom. The Bertz CT molecular complexity index is 428. The molecule has 2 rings (SSSR count). The van der Waals surface area contributed by atoms with Crippen molar-refractivity contribution in [2.45, 2.75) is 12.5 Å². The van der Waals surface area contributed by atoms with E-state index in [0.29, 0.717) is 17.9 Å². The maximum atomic E-state index is 11.3. The number of benzene rings is 1. The third-order valence-electron chi connectivity index (χ3n) is 2.63. The molecular weight excluding hydrogens is 220 g/mol. The molecule has 4 heteroatoms. The van der Waals surface area contributed by atoms with Gasteiger partial charge < -0.3 is 14.2 Å². The molecule has 4 nitrogen and oxygen atoms in total. The standard InChI is InChI=1S/C13H14O4/c1-15-11-5-9(6-12(8-11)16-2)13-7-10(14)3-4-17-13/h3-6,8,13H,7H2,1-2H3. The molecule has 1 aliphatic heterocycles. The summed E-state index contributed by atoms with van der Waals surface area (Å²) < 4.78 is 15.8. The molecule has 1 aromatic carbocycles. The van der Waals surface area contributed by atoms with Gasteiger partial charge in [-0.1, -0.05) is 0 Å². The van der Waals surface area contributed by atoms with E-state index >= 15 is 0 Å². The van der Waals surface area contributed by atoms with Crippen LogP contribution in [0.3, 0.4) is 0 Å². The van der Waals surface area contributed by atoms with Crippen molar-refractivity contribution in [2.75, 3.05) is 14.2 Å². The largest absolute Gasteiger partial charge is 0.497 e. The molecule has 90 valence electrons. The summed E-state index contributed by atoms with van der Waals surface area (Å²) in [6.45, 7) is 0. The summed E-state index contributed by atoms with van der Waals surface area (Å²) in [5.41, 5.74) is 0.874. The summed E-state index contributed by atoms with van der Waals surface area (Å²) in [5.74, 6) is 1.43. The normalized spacial score (nSPS) is 18.7. The van der Waals surface area contributed by atoms with Crippen LogP contribution in [0.25, 0.3) is 0 Å². The zero-order chi connectivity index (χ0) is 12.3. The number of hydrogen-bond acceptors (Lipinski definition) is 4. The monoisotopic (exact) mass is 234 g/mol. The molecule has 1 unspecified atom stereocenters. The van der Waals surface area contributed by atoms with Gasteiger partial charge in [-0.2, -0.15) is 0 Å². The summed E-state index contributed by atoms with van der Waals surface area (Å²) in [6.07, 6.45) is 2.94. The quantitative estimate of drug-likeness (QED) is 0.804. The van der Waals surface area contributed by atoms with Crippen molar-refractivity contribution in [3.63, 3.8) is 0 Å². The molecule has 0 bridgehead atoms. The van der Waals surface area contributed by atoms with E-state index in [4.69, 9.17) is 14.2 Å². The fourth-order valence-electron chi connectivity index (χ4n) is 1.72. The lowest BCUT2D eigenvalue weighted by atomic mass is 10.0. The lowest BCUT2D eigenvalue weighted by molar-refractivity contribution is -0.118. The van der Waals surface area contributed by atoms with Gasteiger partial charge in [-0.3, -0.25) is 4.79 Å². The minimum Gasteiger partial charge on any atom is -0.497 e. The van der Waals surface area contributed by atoms with Crippen LogP contribution in [0.2, 0.25) is 0 Å². The lowest BCUT2D eigenvalue weighted by Gasteiger charge is -2.20. The third-order valence-corrected chi connectivity index (χ3v) is 2.63. The fraction of sp³-hybridized carbons (Fsp3) is 0.308. The van der Waals surface area contributed by atoms with Gasteiger partial charge in [0.15, 0.2) is 5.78 Å². The minimum atomic E-state index is -0.267. The second kappa shape index (κ2) is 4.91. The van der Waals surface area contributed by atoms with E-state index in [1.165, 1.54) is 12.3 Å². The maximum Gasteiger partial charge on any atom is 0.162 e. The van der Waals surface area contributed by atoms with Crippen LogP contribution in [0, 0.1) is 0 Å². The van der Waals surface area contributed by atoms with Crippen molar-refractivity contribution in [1.29, 1.82) is 0 Å². The lowest BCUT2D eigenvalue weighted by Crippen LogP contribution is -2.11. The Balaban J connectivity index is 2.31. The number of rotatable bonds is 3. The molecule has 0 N–H and O–H groups in total. The molecule has 0 spiro atoms. The summed E-state index contributed by atoms with van der Waals surface area (Å²) in [6, 6.07) is 5.48. The first-order valence-corrected chi connectivity index (χ1v) is 5.30. The molecule has 1 atom stereocenters. The first-order chi connectivity index (χ1) is 8.22. The molecule has 0 saturated heterocycles. The fourth-order valence-corrected chi connectivity index (χ4v) is 1.72. The summed E-state index contributed by atoms with van der Waals surface area (Å²) in [4.78, 5) is 11.3. The van der Waals surface area contributed by atoms with E-state index < -0.39 is 0 Å². The predicted octanol–water partition coefficient (Wildman–Crippen LogP) is 2.25. The van der Waals surface area contributed by atoms with Crippen LogP contribution < -0.4 is 9.47 Å². The first-order valence-electron chi connectivity index (χ1n) is 5.30. The molecule has 1 aromatic rings. The number of ether oxygens (including phenoxy) is 3. The number of allylic oxidation sites excluding steroid dienone is 1. The average molecular weight is 234 g/mol. The van der Waals surface area contributed by atoms with Crippen molar-refractivity contribution < 1.29 is 19.0 Å². The molecule has 17 heavy (non-hydrogen) atoms. The average Bonchev–Trinajstić information content (AvgIpc) is 2.38. The van der Waals surface area contributed by atoms with Gasteiger partial charge in [0, 0.05) is 17.7 Å². The van der Waals surface area contributed by atoms with Crippen LogP contribution in [0.5, 0.6) is 11.5 Å². The van der Waals surface area contributed by atoms with Gasteiger partial charge in [0.05, 0.1) is 26.9 Å². The Morgan fingerprint density at radius 2 is 1.82 bits per heavy atom. The highest BCUT2D eigenvalue weighted by Gasteiger charge is 2.20. The molecule has 0 fully saturated rings. The second-order valence-corrected chi connectivity index (χ2v) is 3.74. The highest BCUT2D eigenvalue weighted by atomic mass is 16.5. The van der Waals surface area contributed by atoms with E-state index in [1.807, 2.05) is 12.1 Å². The number of carbonyl (C=O) groups is 1. The molecule has 0 saturated carbocycles. The summed E-state index contributed by atoms with van der Waals surface area (Å²) >= 11 is 0. The van der Waals surface area contributed by atoms with Gasteiger partial charge in [0.2, 0.25) is 0 Å². The van der Waals surface area contributed by atoms with Gasteiger partial charge in [0.1, 0.15) is 17.6 Å². The second-order valence-electron chi connectivity index (χ2n) is 3.74. The SMILES string of the molecule is COc1cc(OC)cc(C2CC(=O)C=CO2)c1. The van der Waals surface area contributed by atoms with Gasteiger partial charge in [-0.15, -0.1) is 0 Å². The number of hydrogen-bond donors (Lipinski definition) is 0. The van der Waals surface area contributed by atoms with E-state index in [0.717, 1.165) is 5.56 Å². The van der Waals surface area contributed by atoms with Crippen LogP contribution in [-0.4, -0.2) is 20.0 Å². The Labute approximate surface area is 99.8 Å². The Hall–Kier alpha value is -1.97. The van der Waals surface area contributed by atoms with E-state index in [-0.39, 0.29) is 11.9 Å². The molecule has 1 heterocycles. The smallest absolute Gasteiger partial charge is 0.162 e. The molecule has 0 aromatic heterocycles. The summed E-state index contributed by atoms with van der Waals surface area (Å²) in [5, 5.41) is 0. The number of carbonyl (C=O) groups excluding carboxylic acids is 1. The van der Waals surface area contributed by atoms with Crippen molar-refractivity contribution in [1.82, 2.24) is 0 Å². The van der Waals surface area contributed by atoms with E-state index in [2.05, 4.69) is 0 Å². The first kappa shape index (κ1) is 11.5. The molecule has 0 aliphatic carbocycles. The van der Waals surface area contributed by atoms with Gasteiger partial charge in [0.25, 0.3) is 0 Å². The molecular formula is C13H14O4. The highest BCUT2D eigenvalue weighted by Crippen LogP contribution is 2.31. The van der Waals surface area contributed by atoms with E-state index in [1.54, 1.807) is 20.3 Å². The zero-order valence-electron chi connectivity index (χ0n) is 9.80. The molecule has 0 radical (unpaired) electrons. The van der Waals surface area contributed by atoms with Crippen molar-refractivity contribution in [2.24, 2.45) is 0 Å². The Kier molecular flexibility index (Phi) is 3.32. The van der Waals surface area contributed by atoms with Crippen molar-refractivity contribution in [3.8, 4) is 11.5 Å². The van der Waals surface area contributed by atoms with E-state index in [9.17, 15) is 4.79 Å². The van der Waals surface area contributed by atoms with Gasteiger partial charge in [-0.05, 0) is 12.1 Å². The minimum absolute atomic E-state index is 0.0584. The summed E-state index contributed by atoms with van der Waals surface area (Å²) in [7, 11) is 3.18. The number of methoxy groups -OCH3 is 2. The van der Waals surface area contributed by atoms with Crippen LogP contribution >= 0.6 is 0 Å². The van der Waals surface area contributed by atoms with Gasteiger partial charge >= 0.3 is 0 Å². The Morgan fingerprint density at radius 3 is 2.35 bits per heavy atom. The van der Waals surface area contributed by atoms with Crippen LogP contribution in [0.4, 0.5) is 0 Å². The van der Waals surface area contributed by atoms with Gasteiger partial charge in [-0.25, -0.2) is 0 Å². The number of ketones is 1. The van der Waals surface area contributed by atoms with Crippen LogP contribution in [0.1, 0.15) is 18.1 Å². The zero-order valence-corrected chi connectivity index (χ0v) is 9.80. The predicted molar refractivity (Wildman–Crippen MR) is 62.1 cm³/mol.